The number of aliphatic hydroxyl groups is 1. The summed E-state index contributed by atoms with van der Waals surface area (Å²) in [6.07, 6.45) is 1.68. The second kappa shape index (κ2) is 11.6. The van der Waals surface area contributed by atoms with Crippen molar-refractivity contribution < 1.29 is 28.6 Å². The van der Waals surface area contributed by atoms with Crippen molar-refractivity contribution in [3.05, 3.63) is 79.6 Å². The van der Waals surface area contributed by atoms with Gasteiger partial charge in [0.25, 0.3) is 0 Å². The maximum absolute atomic E-state index is 13.8. The molecule has 34 heavy (non-hydrogen) atoms. The molecule has 10 heteroatoms. The molecule has 0 aromatic heterocycles. The third-order valence-electron chi connectivity index (χ3n) is 4.55. The maximum Gasteiger partial charge on any atom is 0.344 e. The van der Waals surface area contributed by atoms with Crippen LogP contribution in [0.3, 0.4) is 0 Å². The Kier molecular flexibility index (Phi) is 8.77. The molecule has 1 heterocycles. The summed E-state index contributed by atoms with van der Waals surface area (Å²) >= 11 is 13.6. The quantitative estimate of drug-likeness (QED) is 0.416. The van der Waals surface area contributed by atoms with E-state index in [0.29, 0.717) is 11.1 Å². The normalized spacial score (nSPS) is 15.8. The largest absolute Gasteiger partial charge is 0.506 e. The highest BCUT2D eigenvalue weighted by molar-refractivity contribution is 8.18. The Bertz CT molecular complexity index is 1200. The van der Waals surface area contributed by atoms with Gasteiger partial charge in [-0.05, 0) is 36.8 Å². The number of hydrogen-bond donors (Lipinski definition) is 1. The minimum absolute atomic E-state index is 0.0519. The summed E-state index contributed by atoms with van der Waals surface area (Å²) in [5.41, 5.74) is 0.661. The third-order valence-corrected chi connectivity index (χ3v) is 6.13. The molecule has 0 fully saturated rings. The fourth-order valence-electron chi connectivity index (χ4n) is 2.90. The zero-order valence-electron chi connectivity index (χ0n) is 18.2. The van der Waals surface area contributed by atoms with Crippen LogP contribution >= 0.6 is 35.0 Å². The Labute approximate surface area is 210 Å². The van der Waals surface area contributed by atoms with Crippen LogP contribution in [0.4, 0.5) is 4.39 Å². The van der Waals surface area contributed by atoms with Crippen LogP contribution in [0.5, 0.6) is 5.75 Å². The molecular formula is C24H20Cl2FNO5S. The van der Waals surface area contributed by atoms with Gasteiger partial charge < -0.3 is 14.6 Å². The lowest BCUT2D eigenvalue weighted by atomic mass is 10.1. The summed E-state index contributed by atoms with van der Waals surface area (Å²) in [6.45, 7) is 3.28. The number of halogens is 3. The predicted octanol–water partition coefficient (Wildman–Crippen LogP) is 6.51. The van der Waals surface area contributed by atoms with E-state index < -0.39 is 17.7 Å². The lowest BCUT2D eigenvalue weighted by Gasteiger charge is -2.11. The number of aliphatic hydroxyl groups excluding tert-OH is 1. The van der Waals surface area contributed by atoms with E-state index in [1.807, 2.05) is 0 Å². The summed E-state index contributed by atoms with van der Waals surface area (Å²) in [5.74, 6) is -1.82. The number of hydrogen-bond acceptors (Lipinski definition) is 6. The van der Waals surface area contributed by atoms with Crippen molar-refractivity contribution in [3.63, 3.8) is 0 Å². The van der Waals surface area contributed by atoms with E-state index in [2.05, 4.69) is 4.99 Å². The summed E-state index contributed by atoms with van der Waals surface area (Å²) in [5, 5.41) is 11.1. The first-order chi connectivity index (χ1) is 16.2. The molecule has 0 unspecified atom stereocenters. The second-order valence-corrected chi connectivity index (χ2v) is 8.76. The Morgan fingerprint density at radius 2 is 1.85 bits per heavy atom. The first kappa shape index (κ1) is 25.8. The molecule has 2 aromatic rings. The number of thioether (sulfide) groups is 1. The molecule has 178 valence electrons. The van der Waals surface area contributed by atoms with Crippen LogP contribution in [-0.2, 0) is 20.9 Å². The first-order valence-electron chi connectivity index (χ1n) is 10.2. The van der Waals surface area contributed by atoms with Crippen molar-refractivity contribution in [1.82, 2.24) is 0 Å². The van der Waals surface area contributed by atoms with E-state index in [9.17, 15) is 19.1 Å². The van der Waals surface area contributed by atoms with Crippen molar-refractivity contribution in [2.24, 2.45) is 4.99 Å². The molecule has 1 aliphatic heterocycles. The smallest absolute Gasteiger partial charge is 0.344 e. The summed E-state index contributed by atoms with van der Waals surface area (Å²) in [7, 11) is 0. The lowest BCUT2D eigenvalue weighted by Crippen LogP contribution is -2.14. The van der Waals surface area contributed by atoms with E-state index in [1.165, 1.54) is 12.1 Å². The van der Waals surface area contributed by atoms with Crippen LogP contribution in [-0.4, -0.2) is 28.6 Å². The van der Waals surface area contributed by atoms with E-state index in [0.717, 1.165) is 11.8 Å². The minimum Gasteiger partial charge on any atom is -0.506 e. The van der Waals surface area contributed by atoms with Crippen LogP contribution in [0.15, 0.2) is 57.6 Å². The molecule has 0 spiro atoms. The van der Waals surface area contributed by atoms with Gasteiger partial charge in [0, 0.05) is 12.0 Å². The van der Waals surface area contributed by atoms with Gasteiger partial charge in [0.1, 0.15) is 28.8 Å². The van der Waals surface area contributed by atoms with Gasteiger partial charge in [-0.2, -0.15) is 0 Å². The van der Waals surface area contributed by atoms with Crippen LogP contribution in [0.1, 0.15) is 31.4 Å². The molecule has 0 saturated carbocycles. The Balaban J connectivity index is 1.91. The van der Waals surface area contributed by atoms with Gasteiger partial charge in [0.2, 0.25) is 5.91 Å². The summed E-state index contributed by atoms with van der Waals surface area (Å²) in [6, 6.07) is 9.27. The number of esters is 1. The van der Waals surface area contributed by atoms with Crippen molar-refractivity contribution in [3.8, 4) is 5.75 Å². The molecule has 0 atom stereocenters. The van der Waals surface area contributed by atoms with E-state index in [4.69, 9.17) is 32.7 Å². The molecule has 0 radical (unpaired) electrons. The lowest BCUT2D eigenvalue weighted by molar-refractivity contribution is -0.138. The average Bonchev–Trinajstić information content (AvgIpc) is 3.08. The van der Waals surface area contributed by atoms with Crippen molar-refractivity contribution in [1.29, 1.82) is 0 Å². The zero-order valence-corrected chi connectivity index (χ0v) is 20.6. The average molecular weight is 524 g/mol. The van der Waals surface area contributed by atoms with Crippen molar-refractivity contribution in [2.45, 2.75) is 26.9 Å². The molecular weight excluding hydrogens is 504 g/mol. The van der Waals surface area contributed by atoms with Crippen LogP contribution < -0.4 is 4.74 Å². The van der Waals surface area contributed by atoms with Gasteiger partial charge in [-0.3, -0.25) is 4.79 Å². The van der Waals surface area contributed by atoms with Gasteiger partial charge in [-0.25, -0.2) is 14.2 Å². The number of rotatable bonds is 7. The number of benzene rings is 2. The molecule has 6 nitrogen and oxygen atoms in total. The van der Waals surface area contributed by atoms with E-state index in [-0.39, 0.29) is 56.7 Å². The third kappa shape index (κ3) is 6.00. The summed E-state index contributed by atoms with van der Waals surface area (Å²) < 4.78 is 24.5. The number of carbonyl (C=O) groups is 2. The van der Waals surface area contributed by atoms with Crippen LogP contribution in [0, 0.1) is 5.82 Å². The fraction of sp³-hybridized carbons (Fsp3) is 0.208. The topological polar surface area (TPSA) is 85.2 Å². The molecule has 3 rings (SSSR count). The van der Waals surface area contributed by atoms with Crippen LogP contribution in [0.25, 0.3) is 6.08 Å². The molecule has 2 aromatic carbocycles. The summed E-state index contributed by atoms with van der Waals surface area (Å²) in [4.78, 5) is 28.3. The van der Waals surface area contributed by atoms with Crippen molar-refractivity contribution in [2.75, 3.05) is 6.61 Å². The zero-order chi connectivity index (χ0) is 24.8. The van der Waals surface area contributed by atoms with Gasteiger partial charge in [0.05, 0.1) is 21.6 Å². The number of aliphatic imine (C=N–C) groups is 1. The Morgan fingerprint density at radius 3 is 2.47 bits per heavy atom. The Hall–Kier alpha value is -2.81. The highest BCUT2D eigenvalue weighted by Crippen LogP contribution is 2.41. The molecule has 0 aliphatic carbocycles. The van der Waals surface area contributed by atoms with Gasteiger partial charge in [-0.15, -0.1) is 0 Å². The van der Waals surface area contributed by atoms with Crippen LogP contribution in [0.2, 0.25) is 10.0 Å². The molecule has 0 bridgehead atoms. The standard InChI is InChI=1S/C24H20Cl2FNO5S/c1-3-19(29)28-23-20(24(31)32-4-2)21(30)18(34-23)11-13-9-15(25)22(16(26)10-13)33-12-14-7-5-6-8-17(14)27/h5-11,30H,3-4,12H2,1-2H3/b18-11-,28-23?. The first-order valence-corrected chi connectivity index (χ1v) is 11.8. The monoisotopic (exact) mass is 523 g/mol. The number of carbonyl (C=O) groups excluding carboxylic acids is 2. The van der Waals surface area contributed by atoms with Gasteiger partial charge in [-0.1, -0.05) is 60.1 Å². The maximum atomic E-state index is 13.8. The fourth-order valence-corrected chi connectivity index (χ4v) is 4.55. The number of ether oxygens (including phenoxy) is 2. The minimum atomic E-state index is -0.786. The number of amides is 1. The predicted molar refractivity (Wildman–Crippen MR) is 132 cm³/mol. The molecule has 1 aliphatic rings. The SMILES string of the molecule is CCOC(=O)C1=C(O)/C(=C/c2cc(Cl)c(OCc3ccccc3F)c(Cl)c2)SC1=NC(=O)CC. The molecule has 1 amide bonds. The van der Waals surface area contributed by atoms with Crippen molar-refractivity contribution >= 4 is 58.0 Å². The highest BCUT2D eigenvalue weighted by Gasteiger charge is 2.33. The van der Waals surface area contributed by atoms with E-state index in [1.54, 1.807) is 44.2 Å². The highest BCUT2D eigenvalue weighted by atomic mass is 35.5. The molecule has 0 saturated heterocycles. The molecule has 1 N–H and O–H groups in total. The van der Waals surface area contributed by atoms with E-state index >= 15 is 0 Å². The van der Waals surface area contributed by atoms with Gasteiger partial charge >= 0.3 is 5.97 Å². The second-order valence-electron chi connectivity index (χ2n) is 6.91. The Morgan fingerprint density at radius 1 is 1.18 bits per heavy atom. The number of nitrogens with zero attached hydrogens (tertiary/aromatic N) is 1. The van der Waals surface area contributed by atoms with Gasteiger partial charge in [0.15, 0.2) is 5.75 Å².